The van der Waals surface area contributed by atoms with E-state index in [1.807, 2.05) is 43.3 Å². The molecule has 0 heterocycles. The van der Waals surface area contributed by atoms with Crippen molar-refractivity contribution in [1.29, 1.82) is 0 Å². The Labute approximate surface area is 129 Å². The normalized spacial score (nSPS) is 12.2. The van der Waals surface area contributed by atoms with Gasteiger partial charge < -0.3 is 10.5 Å². The number of rotatable bonds is 5. The Hall–Kier alpha value is -1.16. The highest BCUT2D eigenvalue weighted by Crippen LogP contribution is 2.34. The molecule has 2 aromatic carbocycles. The first-order valence-electron chi connectivity index (χ1n) is 6.44. The van der Waals surface area contributed by atoms with E-state index in [0.717, 1.165) is 27.0 Å². The SMILES string of the molecule is COc1cccc(Sc2cc(Cl)ccc2CC(C)N)c1. The lowest BCUT2D eigenvalue weighted by atomic mass is 10.1. The van der Waals surface area contributed by atoms with Gasteiger partial charge >= 0.3 is 0 Å². The average molecular weight is 308 g/mol. The van der Waals surface area contributed by atoms with Crippen LogP contribution in [0.2, 0.25) is 5.02 Å². The van der Waals surface area contributed by atoms with Crippen LogP contribution in [0.15, 0.2) is 52.3 Å². The molecule has 0 saturated carbocycles. The molecule has 0 saturated heterocycles. The average Bonchev–Trinajstić information content (AvgIpc) is 2.42. The highest BCUT2D eigenvalue weighted by Gasteiger charge is 2.08. The van der Waals surface area contributed by atoms with Gasteiger partial charge in [0, 0.05) is 20.9 Å². The number of ether oxygens (including phenoxy) is 1. The van der Waals surface area contributed by atoms with E-state index < -0.39 is 0 Å². The lowest BCUT2D eigenvalue weighted by Crippen LogP contribution is -2.18. The Morgan fingerprint density at radius 3 is 2.75 bits per heavy atom. The van der Waals surface area contributed by atoms with E-state index in [2.05, 4.69) is 6.07 Å². The lowest BCUT2D eigenvalue weighted by molar-refractivity contribution is 0.413. The van der Waals surface area contributed by atoms with Crippen molar-refractivity contribution in [1.82, 2.24) is 0 Å². The van der Waals surface area contributed by atoms with Gasteiger partial charge in [0.1, 0.15) is 5.75 Å². The van der Waals surface area contributed by atoms with Gasteiger partial charge in [-0.3, -0.25) is 0 Å². The zero-order valence-corrected chi connectivity index (χ0v) is 13.2. The van der Waals surface area contributed by atoms with Gasteiger partial charge in [-0.1, -0.05) is 35.5 Å². The molecule has 106 valence electrons. The van der Waals surface area contributed by atoms with E-state index in [4.69, 9.17) is 22.1 Å². The van der Waals surface area contributed by atoms with Crippen molar-refractivity contribution in [2.45, 2.75) is 29.2 Å². The Morgan fingerprint density at radius 2 is 2.05 bits per heavy atom. The van der Waals surface area contributed by atoms with Crippen molar-refractivity contribution in [3.63, 3.8) is 0 Å². The van der Waals surface area contributed by atoms with E-state index in [1.54, 1.807) is 18.9 Å². The van der Waals surface area contributed by atoms with Crippen LogP contribution in [0.5, 0.6) is 5.75 Å². The predicted molar refractivity (Wildman–Crippen MR) is 85.9 cm³/mol. The zero-order chi connectivity index (χ0) is 14.5. The van der Waals surface area contributed by atoms with Gasteiger partial charge in [0.2, 0.25) is 0 Å². The summed E-state index contributed by atoms with van der Waals surface area (Å²) in [5.74, 6) is 0.853. The van der Waals surface area contributed by atoms with Gasteiger partial charge in [-0.15, -0.1) is 0 Å². The summed E-state index contributed by atoms with van der Waals surface area (Å²) in [5, 5.41) is 0.740. The number of hydrogen-bond donors (Lipinski definition) is 1. The quantitative estimate of drug-likeness (QED) is 0.890. The third-order valence-electron chi connectivity index (χ3n) is 2.84. The molecule has 2 nitrogen and oxygen atoms in total. The minimum Gasteiger partial charge on any atom is -0.497 e. The minimum absolute atomic E-state index is 0.126. The molecule has 0 radical (unpaired) electrons. The summed E-state index contributed by atoms with van der Waals surface area (Å²) in [4.78, 5) is 2.26. The fraction of sp³-hybridized carbons (Fsp3) is 0.250. The standard InChI is InChI=1S/C16H18ClNOS/c1-11(18)8-12-6-7-13(17)9-16(12)20-15-5-3-4-14(10-15)19-2/h3-7,9-11H,8,18H2,1-2H3. The van der Waals surface area contributed by atoms with Gasteiger partial charge in [0.25, 0.3) is 0 Å². The summed E-state index contributed by atoms with van der Waals surface area (Å²) in [5.41, 5.74) is 7.13. The molecule has 2 aromatic rings. The third-order valence-corrected chi connectivity index (χ3v) is 4.16. The molecule has 1 unspecified atom stereocenters. The maximum absolute atomic E-state index is 6.11. The van der Waals surface area contributed by atoms with E-state index in [0.29, 0.717) is 0 Å². The van der Waals surface area contributed by atoms with Crippen LogP contribution in [0.4, 0.5) is 0 Å². The highest BCUT2D eigenvalue weighted by atomic mass is 35.5. The van der Waals surface area contributed by atoms with Crippen LogP contribution in [0, 0.1) is 0 Å². The Morgan fingerprint density at radius 1 is 1.25 bits per heavy atom. The van der Waals surface area contributed by atoms with Crippen molar-refractivity contribution in [3.05, 3.63) is 53.1 Å². The molecule has 0 spiro atoms. The first-order chi connectivity index (χ1) is 9.58. The molecule has 0 aliphatic rings. The van der Waals surface area contributed by atoms with E-state index >= 15 is 0 Å². The molecule has 1 atom stereocenters. The van der Waals surface area contributed by atoms with Gasteiger partial charge in [-0.05, 0) is 49.2 Å². The third kappa shape index (κ3) is 4.17. The van der Waals surface area contributed by atoms with Crippen molar-refractivity contribution < 1.29 is 4.74 Å². The monoisotopic (exact) mass is 307 g/mol. The summed E-state index contributed by atoms with van der Waals surface area (Å²) in [6.07, 6.45) is 0.837. The largest absolute Gasteiger partial charge is 0.497 e. The molecule has 0 aromatic heterocycles. The number of benzene rings is 2. The number of halogens is 1. The molecule has 2 rings (SSSR count). The Kier molecular flexibility index (Phi) is 5.35. The predicted octanol–water partition coefficient (Wildman–Crippen LogP) is 4.39. The Balaban J connectivity index is 2.28. The maximum atomic E-state index is 6.11. The first kappa shape index (κ1) is 15.2. The molecule has 0 aliphatic heterocycles. The van der Waals surface area contributed by atoms with Crippen molar-refractivity contribution in [2.75, 3.05) is 7.11 Å². The van der Waals surface area contributed by atoms with Gasteiger partial charge in [-0.25, -0.2) is 0 Å². The summed E-state index contributed by atoms with van der Waals surface area (Å²) in [6, 6.07) is 14.1. The zero-order valence-electron chi connectivity index (χ0n) is 11.6. The number of nitrogens with two attached hydrogens (primary N) is 1. The van der Waals surface area contributed by atoms with Gasteiger partial charge in [0.15, 0.2) is 0 Å². The van der Waals surface area contributed by atoms with E-state index in [9.17, 15) is 0 Å². The molecule has 0 fully saturated rings. The molecule has 4 heteroatoms. The summed E-state index contributed by atoms with van der Waals surface area (Å²) < 4.78 is 5.25. The molecule has 0 amide bonds. The topological polar surface area (TPSA) is 35.2 Å². The minimum atomic E-state index is 0.126. The summed E-state index contributed by atoms with van der Waals surface area (Å²) >= 11 is 7.79. The van der Waals surface area contributed by atoms with Crippen LogP contribution < -0.4 is 10.5 Å². The van der Waals surface area contributed by atoms with Crippen LogP contribution >= 0.6 is 23.4 Å². The van der Waals surface area contributed by atoms with E-state index in [-0.39, 0.29) is 6.04 Å². The second-order valence-electron chi connectivity index (χ2n) is 4.71. The van der Waals surface area contributed by atoms with Gasteiger partial charge in [-0.2, -0.15) is 0 Å². The van der Waals surface area contributed by atoms with Crippen LogP contribution in [0.25, 0.3) is 0 Å². The fourth-order valence-electron chi connectivity index (χ4n) is 1.93. The fourth-order valence-corrected chi connectivity index (χ4v) is 3.21. The van der Waals surface area contributed by atoms with Crippen molar-refractivity contribution in [3.8, 4) is 5.75 Å². The van der Waals surface area contributed by atoms with E-state index in [1.165, 1.54) is 5.56 Å². The Bertz CT molecular complexity index is 586. The molecule has 0 aliphatic carbocycles. The van der Waals surface area contributed by atoms with Crippen LogP contribution in [-0.4, -0.2) is 13.2 Å². The molecule has 20 heavy (non-hydrogen) atoms. The molecular formula is C16H18ClNOS. The maximum Gasteiger partial charge on any atom is 0.119 e. The van der Waals surface area contributed by atoms with Gasteiger partial charge in [0.05, 0.1) is 7.11 Å². The highest BCUT2D eigenvalue weighted by molar-refractivity contribution is 7.99. The smallest absolute Gasteiger partial charge is 0.119 e. The second kappa shape index (κ2) is 7.02. The second-order valence-corrected chi connectivity index (χ2v) is 6.27. The first-order valence-corrected chi connectivity index (χ1v) is 7.64. The number of hydrogen-bond acceptors (Lipinski definition) is 3. The van der Waals surface area contributed by atoms with Crippen LogP contribution in [0.1, 0.15) is 12.5 Å². The summed E-state index contributed by atoms with van der Waals surface area (Å²) in [6.45, 7) is 2.01. The molecule has 0 bridgehead atoms. The molecular weight excluding hydrogens is 290 g/mol. The van der Waals surface area contributed by atoms with Crippen molar-refractivity contribution in [2.24, 2.45) is 5.73 Å². The lowest BCUT2D eigenvalue weighted by Gasteiger charge is -2.12. The molecule has 2 N–H and O–H groups in total. The van der Waals surface area contributed by atoms with Crippen molar-refractivity contribution >= 4 is 23.4 Å². The van der Waals surface area contributed by atoms with Crippen LogP contribution in [-0.2, 0) is 6.42 Å². The van der Waals surface area contributed by atoms with Crippen LogP contribution in [0.3, 0.4) is 0 Å². The summed E-state index contributed by atoms with van der Waals surface area (Å²) in [7, 11) is 1.67. The number of methoxy groups -OCH3 is 1.